The highest BCUT2D eigenvalue weighted by Gasteiger charge is 2.26. The van der Waals surface area contributed by atoms with Crippen LogP contribution in [-0.2, 0) is 10.8 Å². The Kier molecular flexibility index (Phi) is 6.35. The Morgan fingerprint density at radius 3 is 2.07 bits per heavy atom. The molecule has 2 rings (SSSR count). The summed E-state index contributed by atoms with van der Waals surface area (Å²) in [4.78, 5) is 12.2. The van der Waals surface area contributed by atoms with E-state index in [1.54, 1.807) is 18.3 Å². The van der Waals surface area contributed by atoms with E-state index in [0.717, 1.165) is 20.3 Å². The molecule has 0 unspecified atom stereocenters. The zero-order valence-corrected chi connectivity index (χ0v) is 18.9. The van der Waals surface area contributed by atoms with Crippen LogP contribution in [0, 0.1) is 3.57 Å². The number of phenols is 1. The normalized spacial score (nSPS) is 12.4. The number of carbonyl (C=O) groups excluding carboxylic acids is 1. The van der Waals surface area contributed by atoms with E-state index in [4.69, 9.17) is 0 Å². The molecule has 0 aliphatic heterocycles. The summed E-state index contributed by atoms with van der Waals surface area (Å²) in [5.74, 6) is 0.0747. The maximum atomic E-state index is 12.2. The largest absolute Gasteiger partial charge is 0.507 e. The van der Waals surface area contributed by atoms with E-state index in [2.05, 4.69) is 74.7 Å². The first-order valence-electron chi connectivity index (χ1n) is 8.86. The summed E-state index contributed by atoms with van der Waals surface area (Å²) in [6.07, 6.45) is 1.62. The molecule has 2 N–H and O–H groups in total. The van der Waals surface area contributed by atoms with Crippen LogP contribution in [0.1, 0.15) is 68.6 Å². The molecule has 0 saturated carbocycles. The van der Waals surface area contributed by atoms with Gasteiger partial charge < -0.3 is 5.11 Å². The van der Waals surface area contributed by atoms with Gasteiger partial charge in [0.1, 0.15) is 5.75 Å². The highest BCUT2D eigenvalue weighted by Crippen LogP contribution is 2.39. The fraction of sp³-hybridized carbons (Fsp3) is 0.364. The van der Waals surface area contributed by atoms with Crippen LogP contribution in [-0.4, -0.2) is 17.2 Å². The van der Waals surface area contributed by atoms with Crippen molar-refractivity contribution in [3.63, 3.8) is 0 Å². The number of halogens is 1. The first-order chi connectivity index (χ1) is 12.4. The van der Waals surface area contributed by atoms with Gasteiger partial charge in [0, 0.05) is 20.3 Å². The molecule has 2 aromatic rings. The lowest BCUT2D eigenvalue weighted by molar-refractivity contribution is 0.0955. The van der Waals surface area contributed by atoms with Crippen molar-refractivity contribution in [3.8, 4) is 5.75 Å². The molecule has 5 heteroatoms. The average Bonchev–Trinajstić information content (AvgIpc) is 2.53. The topological polar surface area (TPSA) is 61.7 Å². The molecule has 0 aliphatic carbocycles. The van der Waals surface area contributed by atoms with Crippen molar-refractivity contribution in [2.24, 2.45) is 5.10 Å². The van der Waals surface area contributed by atoms with Gasteiger partial charge in [-0.3, -0.25) is 4.79 Å². The number of phenolic OH excluding ortho intramolecular Hbond substituents is 1. The number of benzene rings is 2. The molecular formula is C22H27IN2O2. The van der Waals surface area contributed by atoms with Crippen molar-refractivity contribution < 1.29 is 9.90 Å². The number of hydrogen-bond acceptors (Lipinski definition) is 3. The van der Waals surface area contributed by atoms with E-state index < -0.39 is 0 Å². The van der Waals surface area contributed by atoms with Gasteiger partial charge in [0.2, 0.25) is 0 Å². The van der Waals surface area contributed by atoms with Crippen molar-refractivity contribution in [3.05, 3.63) is 62.2 Å². The van der Waals surface area contributed by atoms with Crippen molar-refractivity contribution in [1.82, 2.24) is 5.43 Å². The van der Waals surface area contributed by atoms with Crippen molar-refractivity contribution in [1.29, 1.82) is 0 Å². The molecule has 4 nitrogen and oxygen atoms in total. The number of nitrogens with one attached hydrogen (secondary N) is 1. The number of nitrogens with zero attached hydrogens (tertiary/aromatic N) is 1. The molecule has 27 heavy (non-hydrogen) atoms. The van der Waals surface area contributed by atoms with Crippen LogP contribution in [0.25, 0.3) is 0 Å². The predicted octanol–water partition coefficient (Wildman–Crippen LogP) is 5.36. The van der Waals surface area contributed by atoms with Crippen LogP contribution < -0.4 is 5.43 Å². The number of amides is 1. The fourth-order valence-corrected chi connectivity index (χ4v) is 3.28. The zero-order valence-electron chi connectivity index (χ0n) is 16.7. The monoisotopic (exact) mass is 478 g/mol. The number of aromatic hydroxyl groups is 1. The molecular weight excluding hydrogens is 451 g/mol. The lowest BCUT2D eigenvalue weighted by atomic mass is 9.78. The van der Waals surface area contributed by atoms with E-state index in [1.165, 1.54) is 0 Å². The molecule has 0 aromatic heterocycles. The van der Waals surface area contributed by atoms with Gasteiger partial charge in [0.05, 0.1) is 6.21 Å². The Morgan fingerprint density at radius 2 is 1.59 bits per heavy atom. The molecule has 2 aromatic carbocycles. The van der Waals surface area contributed by atoms with E-state index in [1.807, 2.05) is 24.3 Å². The first kappa shape index (κ1) is 21.4. The summed E-state index contributed by atoms with van der Waals surface area (Å²) in [6.45, 7) is 12.4. The lowest BCUT2D eigenvalue weighted by Gasteiger charge is -2.27. The SMILES string of the molecule is CC(C)(C)c1cc(/C=N\NC(=O)c2cccc(I)c2)cc(C(C)(C)C)c1O. The smallest absolute Gasteiger partial charge is 0.271 e. The summed E-state index contributed by atoms with van der Waals surface area (Å²) < 4.78 is 0.993. The van der Waals surface area contributed by atoms with Crippen LogP contribution in [0.15, 0.2) is 41.5 Å². The summed E-state index contributed by atoms with van der Waals surface area (Å²) in [5.41, 5.74) is 5.28. The minimum absolute atomic E-state index is 0.210. The Hall–Kier alpha value is -1.89. The lowest BCUT2D eigenvalue weighted by Crippen LogP contribution is -2.19. The predicted molar refractivity (Wildman–Crippen MR) is 120 cm³/mol. The fourth-order valence-electron chi connectivity index (χ4n) is 2.73. The summed E-state index contributed by atoms with van der Waals surface area (Å²) >= 11 is 2.17. The second-order valence-electron chi connectivity index (χ2n) is 8.67. The molecule has 0 aliphatic rings. The van der Waals surface area contributed by atoms with Crippen LogP contribution in [0.5, 0.6) is 5.75 Å². The molecule has 1 amide bonds. The van der Waals surface area contributed by atoms with Gasteiger partial charge in [-0.25, -0.2) is 5.43 Å². The van der Waals surface area contributed by atoms with E-state index in [-0.39, 0.29) is 16.7 Å². The number of hydrogen-bond donors (Lipinski definition) is 2. The van der Waals surface area contributed by atoms with Crippen LogP contribution in [0.4, 0.5) is 0 Å². The Labute approximate surface area is 175 Å². The van der Waals surface area contributed by atoms with E-state index in [9.17, 15) is 9.90 Å². The third-order valence-corrected chi connectivity index (χ3v) is 4.89. The number of hydrazone groups is 1. The maximum absolute atomic E-state index is 12.2. The summed E-state index contributed by atoms with van der Waals surface area (Å²) in [5, 5.41) is 14.9. The average molecular weight is 478 g/mol. The molecule has 144 valence electrons. The Bertz CT molecular complexity index is 840. The highest BCUT2D eigenvalue weighted by molar-refractivity contribution is 14.1. The van der Waals surface area contributed by atoms with Gasteiger partial charge in [-0.1, -0.05) is 47.6 Å². The van der Waals surface area contributed by atoms with Crippen molar-refractivity contribution in [2.75, 3.05) is 0 Å². The minimum Gasteiger partial charge on any atom is -0.507 e. The molecule has 0 atom stereocenters. The molecule has 0 saturated heterocycles. The molecule has 0 fully saturated rings. The van der Waals surface area contributed by atoms with Crippen LogP contribution in [0.3, 0.4) is 0 Å². The van der Waals surface area contributed by atoms with Crippen LogP contribution >= 0.6 is 22.6 Å². The van der Waals surface area contributed by atoms with E-state index >= 15 is 0 Å². The molecule has 0 heterocycles. The number of carbonyl (C=O) groups is 1. The highest BCUT2D eigenvalue weighted by atomic mass is 127. The van der Waals surface area contributed by atoms with Crippen molar-refractivity contribution in [2.45, 2.75) is 52.4 Å². The van der Waals surface area contributed by atoms with Gasteiger partial charge in [0.25, 0.3) is 5.91 Å². The maximum Gasteiger partial charge on any atom is 0.271 e. The first-order valence-corrected chi connectivity index (χ1v) is 9.94. The van der Waals surface area contributed by atoms with Crippen LogP contribution in [0.2, 0.25) is 0 Å². The van der Waals surface area contributed by atoms with Crippen molar-refractivity contribution >= 4 is 34.7 Å². The molecule has 0 spiro atoms. The van der Waals surface area contributed by atoms with E-state index in [0.29, 0.717) is 11.3 Å². The second-order valence-corrected chi connectivity index (χ2v) is 9.92. The molecule has 0 bridgehead atoms. The third kappa shape index (κ3) is 5.54. The van der Waals surface area contributed by atoms with Gasteiger partial charge in [-0.15, -0.1) is 0 Å². The zero-order chi connectivity index (χ0) is 20.4. The quantitative estimate of drug-likeness (QED) is 0.355. The van der Waals surface area contributed by atoms with Gasteiger partial charge in [0.15, 0.2) is 0 Å². The Morgan fingerprint density at radius 1 is 1.04 bits per heavy atom. The number of rotatable bonds is 3. The summed E-state index contributed by atoms with van der Waals surface area (Å²) in [6, 6.07) is 11.2. The standard InChI is InChI=1S/C22H27IN2O2/c1-21(2,3)17-10-14(11-18(19(17)26)22(4,5)6)13-24-25-20(27)15-8-7-9-16(23)12-15/h7-13,26H,1-6H3,(H,25,27)/b24-13-. The Balaban J connectivity index is 2.32. The second kappa shape index (κ2) is 8.00. The van der Waals surface area contributed by atoms with Gasteiger partial charge in [-0.2, -0.15) is 5.10 Å². The third-order valence-electron chi connectivity index (χ3n) is 4.21. The van der Waals surface area contributed by atoms with Gasteiger partial charge in [-0.05, 0) is 69.3 Å². The minimum atomic E-state index is -0.254. The van der Waals surface area contributed by atoms with Gasteiger partial charge >= 0.3 is 0 Å². The summed E-state index contributed by atoms with van der Waals surface area (Å²) in [7, 11) is 0. The molecule has 0 radical (unpaired) electrons.